The van der Waals surface area contributed by atoms with Gasteiger partial charge in [-0.15, -0.1) is 0 Å². The van der Waals surface area contributed by atoms with Crippen LogP contribution in [0.2, 0.25) is 0 Å². The maximum atomic E-state index is 11.3. The molecule has 0 N–H and O–H groups in total. The molecule has 0 aliphatic heterocycles. The van der Waals surface area contributed by atoms with Crippen LogP contribution in [-0.2, 0) is 4.79 Å². The number of carbonyl (C=O) groups is 1. The zero-order valence-corrected chi connectivity index (χ0v) is 8.10. The van der Waals surface area contributed by atoms with E-state index in [1.807, 2.05) is 43.5 Å². The Morgan fingerprint density at radius 1 is 1.33 bits per heavy atom. The lowest BCUT2D eigenvalue weighted by atomic mass is 10.0. The Morgan fingerprint density at radius 2 is 1.92 bits per heavy atom. The van der Waals surface area contributed by atoms with Gasteiger partial charge in [0.2, 0.25) is 0 Å². The summed E-state index contributed by atoms with van der Waals surface area (Å²) in [6.07, 6.45) is 1.82. The maximum Gasteiger partial charge on any atom is 0.195 e. The Balaban J connectivity index is 2.78. The number of hydrogen-bond acceptors (Lipinski definition) is 2. The van der Waals surface area contributed by atoms with Crippen LogP contribution in [0, 0.1) is 0 Å². The number of rotatable bonds is 2. The van der Waals surface area contributed by atoms with Crippen LogP contribution in [0.3, 0.4) is 0 Å². The minimum atomic E-state index is 0.0150. The Labute approximate surface area is 77.2 Å². The van der Waals surface area contributed by atoms with Gasteiger partial charge in [-0.3, -0.25) is 4.79 Å². The first-order valence-corrected chi connectivity index (χ1v) is 5.11. The smallest absolute Gasteiger partial charge is 0.195 e. The van der Waals surface area contributed by atoms with Crippen LogP contribution in [-0.4, -0.2) is 11.4 Å². The molecule has 0 aliphatic rings. The molecule has 0 bridgehead atoms. The van der Waals surface area contributed by atoms with E-state index in [9.17, 15) is 4.79 Å². The molecule has 0 radical (unpaired) electrons. The summed E-state index contributed by atoms with van der Waals surface area (Å²) in [6, 6.07) is 9.84. The maximum absolute atomic E-state index is 11.3. The lowest BCUT2D eigenvalue weighted by molar-refractivity contribution is -0.111. The van der Waals surface area contributed by atoms with Gasteiger partial charge in [-0.1, -0.05) is 49.0 Å². The van der Waals surface area contributed by atoms with Crippen molar-refractivity contribution in [2.75, 3.05) is 6.26 Å². The summed E-state index contributed by atoms with van der Waals surface area (Å²) in [7, 11) is 0. The summed E-state index contributed by atoms with van der Waals surface area (Å²) in [6.45, 7) is 1.94. The Kier molecular flexibility index (Phi) is 3.35. The molecule has 12 heavy (non-hydrogen) atoms. The topological polar surface area (TPSA) is 17.1 Å². The molecule has 1 nitrogen and oxygen atoms in total. The highest BCUT2D eigenvalue weighted by atomic mass is 32.2. The summed E-state index contributed by atoms with van der Waals surface area (Å²) in [4.78, 5) is 11.3. The lowest BCUT2D eigenvalue weighted by Crippen LogP contribution is -2.03. The van der Waals surface area contributed by atoms with Crippen LogP contribution in [0.25, 0.3) is 0 Å². The van der Waals surface area contributed by atoms with Crippen molar-refractivity contribution in [3.63, 3.8) is 0 Å². The van der Waals surface area contributed by atoms with Crippen LogP contribution in [0.15, 0.2) is 30.3 Å². The molecule has 1 aromatic rings. The fourth-order valence-corrected chi connectivity index (χ4v) is 1.54. The predicted octanol–water partition coefficient (Wildman–Crippen LogP) is 2.68. The van der Waals surface area contributed by atoms with E-state index in [4.69, 9.17) is 0 Å². The zero-order valence-electron chi connectivity index (χ0n) is 7.28. The molecular weight excluding hydrogens is 168 g/mol. The second-order valence-electron chi connectivity index (χ2n) is 2.66. The molecule has 0 aliphatic carbocycles. The van der Waals surface area contributed by atoms with Crippen molar-refractivity contribution in [3.8, 4) is 0 Å². The van der Waals surface area contributed by atoms with Crippen LogP contribution >= 0.6 is 11.8 Å². The molecule has 0 amide bonds. The van der Waals surface area contributed by atoms with Crippen molar-refractivity contribution >= 4 is 16.9 Å². The molecule has 1 rings (SSSR count). The second-order valence-corrected chi connectivity index (χ2v) is 3.47. The van der Waals surface area contributed by atoms with E-state index in [-0.39, 0.29) is 11.0 Å². The minimum absolute atomic E-state index is 0.0150. The molecule has 1 aromatic carbocycles. The fraction of sp³-hybridized carbons (Fsp3) is 0.300. The van der Waals surface area contributed by atoms with Gasteiger partial charge in [0.15, 0.2) is 5.12 Å². The van der Waals surface area contributed by atoms with Crippen molar-refractivity contribution < 1.29 is 4.79 Å². The fourth-order valence-electron chi connectivity index (χ4n) is 1.05. The van der Waals surface area contributed by atoms with Gasteiger partial charge in [-0.2, -0.15) is 0 Å². The third kappa shape index (κ3) is 2.11. The first-order chi connectivity index (χ1) is 5.75. The molecule has 0 unspecified atom stereocenters. The molecule has 0 heterocycles. The summed E-state index contributed by atoms with van der Waals surface area (Å²) in [5.41, 5.74) is 1.09. The van der Waals surface area contributed by atoms with E-state index in [1.54, 1.807) is 0 Å². The third-order valence-corrected chi connectivity index (χ3v) is 2.61. The molecule has 0 saturated carbocycles. The largest absolute Gasteiger partial charge is 0.287 e. The highest BCUT2D eigenvalue weighted by Gasteiger charge is 2.12. The van der Waals surface area contributed by atoms with Gasteiger partial charge in [0, 0.05) is 0 Å². The third-order valence-electron chi connectivity index (χ3n) is 1.85. The van der Waals surface area contributed by atoms with Gasteiger partial charge in [0.05, 0.1) is 5.92 Å². The first kappa shape index (κ1) is 9.33. The van der Waals surface area contributed by atoms with E-state index in [0.717, 1.165) is 5.56 Å². The van der Waals surface area contributed by atoms with Crippen LogP contribution < -0.4 is 0 Å². The molecule has 1 atom stereocenters. The normalized spacial score (nSPS) is 12.5. The molecule has 0 fully saturated rings. The van der Waals surface area contributed by atoms with Crippen molar-refractivity contribution in [3.05, 3.63) is 35.9 Å². The number of hydrogen-bond donors (Lipinski definition) is 0. The monoisotopic (exact) mass is 180 g/mol. The Morgan fingerprint density at radius 3 is 2.42 bits per heavy atom. The van der Waals surface area contributed by atoms with Gasteiger partial charge < -0.3 is 0 Å². The molecule has 64 valence electrons. The molecule has 0 saturated heterocycles. The number of thioether (sulfide) groups is 1. The van der Waals surface area contributed by atoms with E-state index in [1.165, 1.54) is 11.8 Å². The molecule has 2 heteroatoms. The molecule has 0 aromatic heterocycles. The quantitative estimate of drug-likeness (QED) is 0.696. The highest BCUT2D eigenvalue weighted by Crippen LogP contribution is 2.19. The van der Waals surface area contributed by atoms with Gasteiger partial charge in [-0.25, -0.2) is 0 Å². The molecule has 0 spiro atoms. The van der Waals surface area contributed by atoms with Gasteiger partial charge >= 0.3 is 0 Å². The van der Waals surface area contributed by atoms with Crippen molar-refractivity contribution in [2.24, 2.45) is 0 Å². The predicted molar refractivity (Wildman–Crippen MR) is 53.4 cm³/mol. The SMILES string of the molecule is CSC(=O)[C@H](C)c1ccccc1. The van der Waals surface area contributed by atoms with Crippen molar-refractivity contribution in [2.45, 2.75) is 12.8 Å². The average molecular weight is 180 g/mol. The average Bonchev–Trinajstić information content (AvgIpc) is 2.17. The summed E-state index contributed by atoms with van der Waals surface area (Å²) >= 11 is 1.29. The lowest BCUT2D eigenvalue weighted by Gasteiger charge is -2.07. The van der Waals surface area contributed by atoms with Gasteiger partial charge in [0.25, 0.3) is 0 Å². The summed E-state index contributed by atoms with van der Waals surface area (Å²) in [5, 5.41) is 0.223. The van der Waals surface area contributed by atoms with E-state index >= 15 is 0 Å². The van der Waals surface area contributed by atoms with Crippen LogP contribution in [0.4, 0.5) is 0 Å². The van der Waals surface area contributed by atoms with Crippen LogP contribution in [0.5, 0.6) is 0 Å². The Hall–Kier alpha value is -0.760. The molecular formula is C10H12OS. The second kappa shape index (κ2) is 4.31. The van der Waals surface area contributed by atoms with Crippen molar-refractivity contribution in [1.82, 2.24) is 0 Å². The first-order valence-electron chi connectivity index (χ1n) is 3.88. The van der Waals surface area contributed by atoms with E-state index in [0.29, 0.717) is 0 Å². The van der Waals surface area contributed by atoms with E-state index < -0.39 is 0 Å². The Bertz CT molecular complexity index is 256. The standard InChI is InChI=1S/C10H12OS/c1-8(10(11)12-2)9-6-4-3-5-7-9/h3-8H,1-2H3/t8-/m1/s1. The number of carbonyl (C=O) groups excluding carboxylic acids is 1. The zero-order chi connectivity index (χ0) is 8.97. The van der Waals surface area contributed by atoms with Crippen LogP contribution in [0.1, 0.15) is 18.4 Å². The summed E-state index contributed by atoms with van der Waals surface area (Å²) in [5.74, 6) is 0.0150. The highest BCUT2D eigenvalue weighted by molar-refractivity contribution is 8.13. The minimum Gasteiger partial charge on any atom is -0.287 e. The number of benzene rings is 1. The van der Waals surface area contributed by atoms with Gasteiger partial charge in [-0.05, 0) is 11.8 Å². The van der Waals surface area contributed by atoms with Crippen molar-refractivity contribution in [1.29, 1.82) is 0 Å². The summed E-state index contributed by atoms with van der Waals surface area (Å²) < 4.78 is 0. The van der Waals surface area contributed by atoms with Gasteiger partial charge in [0.1, 0.15) is 0 Å². The van der Waals surface area contributed by atoms with E-state index in [2.05, 4.69) is 0 Å².